The van der Waals surface area contributed by atoms with Crippen LogP contribution in [0.3, 0.4) is 0 Å². The highest BCUT2D eigenvalue weighted by Gasteiger charge is 2.27. The highest BCUT2D eigenvalue weighted by molar-refractivity contribution is 7.92. The molecule has 0 aliphatic heterocycles. The summed E-state index contributed by atoms with van der Waals surface area (Å²) in [6.07, 6.45) is 1.07. The first-order valence-electron chi connectivity index (χ1n) is 12.4. The van der Waals surface area contributed by atoms with Crippen LogP contribution in [0.2, 0.25) is 0 Å². The monoisotopic (exact) mass is 526 g/mol. The molecule has 0 unspecified atom stereocenters. The van der Waals surface area contributed by atoms with Crippen LogP contribution in [0.4, 0.5) is 11.5 Å². The maximum absolute atomic E-state index is 12.9. The van der Waals surface area contributed by atoms with E-state index in [2.05, 4.69) is 20.8 Å². The average Bonchev–Trinajstić information content (AvgIpc) is 3.42. The summed E-state index contributed by atoms with van der Waals surface area (Å²) >= 11 is 0. The van der Waals surface area contributed by atoms with Crippen LogP contribution in [0.25, 0.3) is 33.7 Å². The van der Waals surface area contributed by atoms with Crippen molar-refractivity contribution in [3.05, 3.63) is 93.9 Å². The zero-order valence-corrected chi connectivity index (χ0v) is 21.5. The zero-order valence-electron chi connectivity index (χ0n) is 20.7. The number of nitrogens with one attached hydrogen (secondary N) is 2. The summed E-state index contributed by atoms with van der Waals surface area (Å²) in [5.41, 5.74) is 12.7. The van der Waals surface area contributed by atoms with Gasteiger partial charge >= 0.3 is 5.69 Å². The number of fused-ring (bicyclic) bond motifs is 4. The minimum absolute atomic E-state index is 0.0137. The van der Waals surface area contributed by atoms with Crippen molar-refractivity contribution < 1.29 is 8.42 Å². The predicted octanol–water partition coefficient (Wildman–Crippen LogP) is 4.14. The van der Waals surface area contributed by atoms with Crippen molar-refractivity contribution in [2.24, 2.45) is 0 Å². The molecule has 9 nitrogen and oxygen atoms in total. The standard InChI is InChI=1S/C28H26N6O3S/c1-2-14-38(36,37)33-22-13-12-20-19-11-7-6-10-18(19)15-21(20)23(22)26-31-25(29)24-27(32-26)34(28(35)30-24)16-17-8-4-3-5-9-17/h3-13,33H,2,14-16H2,1H3,(H,30,35)(H2,29,31,32). The molecule has 10 heteroatoms. The molecule has 3 aromatic carbocycles. The van der Waals surface area contributed by atoms with Crippen molar-refractivity contribution in [2.75, 3.05) is 16.2 Å². The Hall–Kier alpha value is -4.44. The minimum atomic E-state index is -3.60. The smallest absolute Gasteiger partial charge is 0.328 e. The summed E-state index contributed by atoms with van der Waals surface area (Å²) in [5.74, 6) is 0.360. The molecule has 0 radical (unpaired) electrons. The lowest BCUT2D eigenvalue weighted by Crippen LogP contribution is -2.18. The van der Waals surface area contributed by atoms with Gasteiger partial charge in [-0.05, 0) is 46.7 Å². The first-order valence-corrected chi connectivity index (χ1v) is 14.0. The second kappa shape index (κ2) is 9.14. The molecule has 0 bridgehead atoms. The molecule has 0 saturated carbocycles. The molecule has 1 aliphatic rings. The lowest BCUT2D eigenvalue weighted by Gasteiger charge is -2.16. The maximum Gasteiger partial charge on any atom is 0.328 e. The molecule has 6 rings (SSSR count). The molecule has 0 atom stereocenters. The Morgan fingerprint density at radius 3 is 2.55 bits per heavy atom. The number of sulfonamides is 1. The van der Waals surface area contributed by atoms with Crippen LogP contribution in [-0.4, -0.2) is 33.7 Å². The molecule has 1 aliphatic carbocycles. The van der Waals surface area contributed by atoms with Crippen LogP contribution in [0.1, 0.15) is 30.0 Å². The van der Waals surface area contributed by atoms with Crippen molar-refractivity contribution in [3.8, 4) is 22.5 Å². The molecule has 192 valence electrons. The van der Waals surface area contributed by atoms with Gasteiger partial charge in [0, 0.05) is 5.56 Å². The Morgan fingerprint density at radius 1 is 1.00 bits per heavy atom. The van der Waals surface area contributed by atoms with Crippen LogP contribution in [0.15, 0.2) is 71.5 Å². The molecule has 4 N–H and O–H groups in total. The van der Waals surface area contributed by atoms with E-state index < -0.39 is 10.0 Å². The van der Waals surface area contributed by atoms with E-state index in [-0.39, 0.29) is 23.1 Å². The number of nitrogens with zero attached hydrogens (tertiary/aromatic N) is 3. The number of aromatic nitrogens is 4. The average molecular weight is 527 g/mol. The Labute approximate surface area is 219 Å². The number of H-pyrrole nitrogens is 1. The number of benzene rings is 3. The van der Waals surface area contributed by atoms with Crippen molar-refractivity contribution in [1.29, 1.82) is 0 Å². The zero-order chi connectivity index (χ0) is 26.4. The number of rotatable bonds is 7. The van der Waals surface area contributed by atoms with E-state index in [1.54, 1.807) is 6.07 Å². The van der Waals surface area contributed by atoms with Crippen LogP contribution >= 0.6 is 0 Å². The summed E-state index contributed by atoms with van der Waals surface area (Å²) in [4.78, 5) is 25.0. The van der Waals surface area contributed by atoms with Crippen molar-refractivity contribution in [3.63, 3.8) is 0 Å². The summed E-state index contributed by atoms with van der Waals surface area (Å²) in [6.45, 7) is 2.11. The van der Waals surface area contributed by atoms with Gasteiger partial charge in [-0.25, -0.2) is 23.2 Å². The van der Waals surface area contributed by atoms with E-state index in [4.69, 9.17) is 10.7 Å². The summed E-state index contributed by atoms with van der Waals surface area (Å²) < 4.78 is 29.9. The van der Waals surface area contributed by atoms with Gasteiger partial charge in [-0.15, -0.1) is 0 Å². The summed E-state index contributed by atoms with van der Waals surface area (Å²) in [7, 11) is -3.60. The fraction of sp³-hybridized carbons (Fsp3) is 0.179. The van der Waals surface area contributed by atoms with Crippen molar-refractivity contribution in [1.82, 2.24) is 19.5 Å². The number of nitrogen functional groups attached to an aromatic ring is 1. The lowest BCUT2D eigenvalue weighted by atomic mass is 9.99. The summed E-state index contributed by atoms with van der Waals surface area (Å²) in [5, 5.41) is 0. The normalized spacial score (nSPS) is 12.4. The number of hydrogen-bond donors (Lipinski definition) is 3. The van der Waals surface area contributed by atoms with E-state index >= 15 is 0 Å². The van der Waals surface area contributed by atoms with Gasteiger partial charge in [0.2, 0.25) is 10.0 Å². The van der Waals surface area contributed by atoms with Gasteiger partial charge in [-0.2, -0.15) is 0 Å². The molecular weight excluding hydrogens is 500 g/mol. The largest absolute Gasteiger partial charge is 0.382 e. The maximum atomic E-state index is 12.9. The molecule has 2 heterocycles. The van der Waals surface area contributed by atoms with Gasteiger partial charge in [-0.1, -0.05) is 67.6 Å². The van der Waals surface area contributed by atoms with Crippen LogP contribution < -0.4 is 16.1 Å². The van der Waals surface area contributed by atoms with E-state index in [1.165, 1.54) is 4.57 Å². The molecule has 2 aromatic heterocycles. The number of imidazole rings is 1. The first kappa shape index (κ1) is 23.9. The Kier molecular flexibility index (Phi) is 5.76. The SMILES string of the molecule is CCCS(=O)(=O)Nc1ccc2c(c1-c1nc(N)c3[nH]c(=O)n(Cc4ccccc4)c3n1)Cc1ccccc1-2. The highest BCUT2D eigenvalue weighted by Crippen LogP contribution is 2.44. The minimum Gasteiger partial charge on any atom is -0.382 e. The van der Waals surface area contributed by atoms with Gasteiger partial charge < -0.3 is 10.7 Å². The van der Waals surface area contributed by atoms with Gasteiger partial charge in [0.05, 0.1) is 18.0 Å². The molecule has 0 saturated heterocycles. The van der Waals surface area contributed by atoms with Crippen LogP contribution in [-0.2, 0) is 23.0 Å². The molecule has 5 aromatic rings. The third-order valence-electron chi connectivity index (χ3n) is 6.78. The number of anilines is 2. The van der Waals surface area contributed by atoms with Crippen LogP contribution in [0.5, 0.6) is 0 Å². The van der Waals surface area contributed by atoms with Crippen molar-refractivity contribution >= 4 is 32.7 Å². The quantitative estimate of drug-likeness (QED) is 0.286. The Balaban J connectivity index is 1.58. The van der Waals surface area contributed by atoms with E-state index in [0.29, 0.717) is 41.8 Å². The van der Waals surface area contributed by atoms with E-state index in [9.17, 15) is 13.2 Å². The Bertz CT molecular complexity index is 1860. The van der Waals surface area contributed by atoms with Gasteiger partial charge in [0.25, 0.3) is 0 Å². The number of hydrogen-bond acceptors (Lipinski definition) is 6. The predicted molar refractivity (Wildman–Crippen MR) is 149 cm³/mol. The summed E-state index contributed by atoms with van der Waals surface area (Å²) in [6, 6.07) is 21.3. The van der Waals surface area contributed by atoms with Gasteiger partial charge in [0.15, 0.2) is 17.3 Å². The van der Waals surface area contributed by atoms with Crippen molar-refractivity contribution in [2.45, 2.75) is 26.3 Å². The number of aromatic amines is 1. The third-order valence-corrected chi connectivity index (χ3v) is 8.26. The fourth-order valence-electron chi connectivity index (χ4n) is 5.12. The first-order chi connectivity index (χ1) is 18.3. The molecule has 0 fully saturated rings. The number of nitrogens with two attached hydrogens (primary N) is 1. The highest BCUT2D eigenvalue weighted by atomic mass is 32.2. The van der Waals surface area contributed by atoms with E-state index in [0.717, 1.165) is 27.8 Å². The second-order valence-corrected chi connectivity index (χ2v) is 11.2. The Morgan fingerprint density at radius 2 is 1.76 bits per heavy atom. The topological polar surface area (TPSA) is 136 Å². The second-order valence-electron chi connectivity index (χ2n) is 9.40. The molecule has 38 heavy (non-hydrogen) atoms. The van der Waals surface area contributed by atoms with Crippen LogP contribution in [0, 0.1) is 0 Å². The molecule has 0 amide bonds. The fourth-order valence-corrected chi connectivity index (χ4v) is 6.26. The van der Waals surface area contributed by atoms with E-state index in [1.807, 2.05) is 61.5 Å². The lowest BCUT2D eigenvalue weighted by molar-refractivity contribution is 0.600. The van der Waals surface area contributed by atoms with Gasteiger partial charge in [0.1, 0.15) is 5.52 Å². The molecular formula is C28H26N6O3S. The molecule has 0 spiro atoms. The third kappa shape index (κ3) is 4.12. The van der Waals surface area contributed by atoms with Gasteiger partial charge in [-0.3, -0.25) is 9.29 Å².